The Labute approximate surface area is 101 Å². The zero-order chi connectivity index (χ0) is 13.1. The molecule has 17 heavy (non-hydrogen) atoms. The van der Waals surface area contributed by atoms with E-state index >= 15 is 0 Å². The molecule has 0 bridgehead atoms. The average Bonchev–Trinajstić information content (AvgIpc) is 2.27. The molecule has 0 aliphatic rings. The fourth-order valence-corrected chi connectivity index (χ4v) is 2.90. The predicted octanol–water partition coefficient (Wildman–Crippen LogP) is 0.572. The molecule has 0 amide bonds. The van der Waals surface area contributed by atoms with E-state index in [1.807, 2.05) is 0 Å². The van der Waals surface area contributed by atoms with Crippen LogP contribution in [0.15, 0.2) is 9.65 Å². The molecule has 8 heteroatoms. The van der Waals surface area contributed by atoms with Gasteiger partial charge in [0, 0.05) is 13.2 Å². The summed E-state index contributed by atoms with van der Waals surface area (Å²) in [5.74, 6) is 0. The molecule has 0 aromatic rings. The van der Waals surface area contributed by atoms with Gasteiger partial charge in [-0.05, 0) is 20.8 Å². The van der Waals surface area contributed by atoms with E-state index in [0.29, 0.717) is 13.2 Å². The average molecular weight is 260 g/mol. The third-order valence-corrected chi connectivity index (χ3v) is 3.97. The quantitative estimate of drug-likeness (QED) is 0.343. The fraction of sp³-hybridized carbons (Fsp3) is 0.778. The van der Waals surface area contributed by atoms with Crippen molar-refractivity contribution >= 4 is 21.1 Å². The summed E-state index contributed by atoms with van der Waals surface area (Å²) in [5.41, 5.74) is 0. The van der Waals surface area contributed by atoms with Gasteiger partial charge in [-0.25, -0.2) is 14.6 Å². The Kier molecular flexibility index (Phi) is 8.34. The summed E-state index contributed by atoms with van der Waals surface area (Å²) in [5, 5.41) is 0. The van der Waals surface area contributed by atoms with Crippen molar-refractivity contribution in [3.63, 3.8) is 0 Å². The van der Waals surface area contributed by atoms with Gasteiger partial charge in [0.05, 0.1) is 12.6 Å². The highest BCUT2D eigenvalue weighted by Crippen LogP contribution is 2.14. The second-order valence-electron chi connectivity index (χ2n) is 2.95. The number of hydrogen-bond acceptors (Lipinski definition) is 7. The lowest BCUT2D eigenvalue weighted by Gasteiger charge is -2.25. The first-order valence-electron chi connectivity index (χ1n) is 5.22. The van der Waals surface area contributed by atoms with E-state index in [9.17, 15) is 9.59 Å². The van der Waals surface area contributed by atoms with E-state index < -0.39 is 15.1 Å². The molecule has 1 atom stereocenters. The Morgan fingerprint density at radius 3 is 2.18 bits per heavy atom. The number of nitrogens with zero attached hydrogens (tertiary/aromatic N) is 2. The lowest BCUT2D eigenvalue weighted by atomic mass is 10.4. The van der Waals surface area contributed by atoms with E-state index in [2.05, 4.69) is 9.65 Å². The SMILES string of the molecule is CCO[Si](N=C=O)(OCC)OC(C)CN=C=O. The van der Waals surface area contributed by atoms with Gasteiger partial charge in [-0.1, -0.05) is 0 Å². The van der Waals surface area contributed by atoms with Gasteiger partial charge in [0.1, 0.15) is 0 Å². The molecular weight excluding hydrogens is 244 g/mol. The van der Waals surface area contributed by atoms with E-state index in [0.717, 1.165) is 0 Å². The number of carbonyl (C=O) groups excluding carboxylic acids is 2. The molecule has 0 radical (unpaired) electrons. The largest absolute Gasteiger partial charge is 0.663 e. The van der Waals surface area contributed by atoms with Crippen molar-refractivity contribution in [3.8, 4) is 0 Å². The molecule has 96 valence electrons. The predicted molar refractivity (Wildman–Crippen MR) is 60.7 cm³/mol. The van der Waals surface area contributed by atoms with Crippen LogP contribution in [0.1, 0.15) is 20.8 Å². The summed E-state index contributed by atoms with van der Waals surface area (Å²) in [6, 6.07) is 0. The zero-order valence-electron chi connectivity index (χ0n) is 10.1. The van der Waals surface area contributed by atoms with Gasteiger partial charge in [0.2, 0.25) is 12.2 Å². The van der Waals surface area contributed by atoms with Crippen LogP contribution in [0.5, 0.6) is 0 Å². The monoisotopic (exact) mass is 260 g/mol. The fourth-order valence-electron chi connectivity index (χ4n) is 1.08. The smallest absolute Gasteiger partial charge is 0.355 e. The first-order chi connectivity index (χ1) is 8.14. The van der Waals surface area contributed by atoms with Crippen LogP contribution < -0.4 is 0 Å². The Bertz CT molecular complexity index is 307. The molecule has 0 saturated carbocycles. The van der Waals surface area contributed by atoms with Crippen molar-refractivity contribution in [2.45, 2.75) is 26.9 Å². The number of hydrogen-bond donors (Lipinski definition) is 0. The minimum Gasteiger partial charge on any atom is -0.355 e. The van der Waals surface area contributed by atoms with E-state index in [1.54, 1.807) is 20.8 Å². The zero-order valence-corrected chi connectivity index (χ0v) is 11.1. The number of isocyanates is 2. The third-order valence-electron chi connectivity index (χ3n) is 1.60. The van der Waals surface area contributed by atoms with Crippen molar-refractivity contribution < 1.29 is 22.9 Å². The minimum absolute atomic E-state index is 0.104. The summed E-state index contributed by atoms with van der Waals surface area (Å²) in [6.07, 6.45) is 2.33. The molecule has 0 N–H and O–H groups in total. The van der Waals surface area contributed by atoms with Crippen LogP contribution in [-0.4, -0.2) is 47.0 Å². The molecule has 0 aromatic heterocycles. The molecule has 0 fully saturated rings. The van der Waals surface area contributed by atoms with Crippen LogP contribution in [0.25, 0.3) is 0 Å². The first-order valence-corrected chi connectivity index (χ1v) is 6.89. The van der Waals surface area contributed by atoms with Crippen LogP contribution in [-0.2, 0) is 22.9 Å². The van der Waals surface area contributed by atoms with Crippen LogP contribution in [0.2, 0.25) is 0 Å². The van der Waals surface area contributed by atoms with Crippen LogP contribution in [0.4, 0.5) is 0 Å². The number of rotatable bonds is 9. The lowest BCUT2D eigenvalue weighted by molar-refractivity contribution is 0.0428. The van der Waals surface area contributed by atoms with Gasteiger partial charge < -0.3 is 13.3 Å². The van der Waals surface area contributed by atoms with Crippen molar-refractivity contribution in [1.82, 2.24) is 0 Å². The van der Waals surface area contributed by atoms with Crippen molar-refractivity contribution in [2.75, 3.05) is 19.8 Å². The normalized spacial score (nSPS) is 12.4. The molecular formula is C9H16N2O5Si. The van der Waals surface area contributed by atoms with E-state index in [4.69, 9.17) is 13.3 Å². The van der Waals surface area contributed by atoms with Crippen molar-refractivity contribution in [3.05, 3.63) is 0 Å². The second kappa shape index (κ2) is 8.95. The maximum absolute atomic E-state index is 10.4. The summed E-state index contributed by atoms with van der Waals surface area (Å²) in [6.45, 7) is 5.83. The van der Waals surface area contributed by atoms with Crippen molar-refractivity contribution in [2.24, 2.45) is 9.65 Å². The molecule has 1 unspecified atom stereocenters. The Morgan fingerprint density at radius 1 is 1.18 bits per heavy atom. The second-order valence-corrected chi connectivity index (χ2v) is 5.04. The number of aliphatic imine (C=N–C) groups is 1. The molecule has 0 spiro atoms. The summed E-state index contributed by atoms with van der Waals surface area (Å²) < 4.78 is 19.5. The molecule has 7 nitrogen and oxygen atoms in total. The van der Waals surface area contributed by atoms with Crippen LogP contribution >= 0.6 is 0 Å². The summed E-state index contributed by atoms with van der Waals surface area (Å²) in [7, 11) is -3.40. The minimum atomic E-state index is -3.40. The van der Waals surface area contributed by atoms with Gasteiger partial charge in [0.25, 0.3) is 0 Å². The summed E-state index contributed by atoms with van der Waals surface area (Å²) >= 11 is 0. The third kappa shape index (κ3) is 6.23. The van der Waals surface area contributed by atoms with Crippen LogP contribution in [0, 0.1) is 0 Å². The van der Waals surface area contributed by atoms with E-state index in [1.165, 1.54) is 12.2 Å². The lowest BCUT2D eigenvalue weighted by Crippen LogP contribution is -2.47. The Morgan fingerprint density at radius 2 is 1.76 bits per heavy atom. The van der Waals surface area contributed by atoms with Crippen LogP contribution in [0.3, 0.4) is 0 Å². The maximum Gasteiger partial charge on any atom is 0.663 e. The molecule has 0 aromatic carbocycles. The first kappa shape index (κ1) is 15.9. The maximum atomic E-state index is 10.4. The van der Waals surface area contributed by atoms with Crippen molar-refractivity contribution in [1.29, 1.82) is 0 Å². The molecule has 0 aliphatic heterocycles. The topological polar surface area (TPSA) is 86.6 Å². The standard InChI is InChI=1S/C9H16N2O5Si/c1-4-14-17(11-8-13,15-5-2)16-9(3)6-10-7-12/h9H,4-6H2,1-3H3. The van der Waals surface area contributed by atoms with E-state index in [-0.39, 0.29) is 6.54 Å². The highest BCUT2D eigenvalue weighted by molar-refractivity contribution is 6.59. The van der Waals surface area contributed by atoms with Gasteiger partial charge in [0.15, 0.2) is 0 Å². The van der Waals surface area contributed by atoms with Gasteiger partial charge >= 0.3 is 8.97 Å². The molecule has 0 heterocycles. The summed E-state index contributed by atoms with van der Waals surface area (Å²) in [4.78, 5) is 23.7. The van der Waals surface area contributed by atoms with Gasteiger partial charge in [-0.15, -0.1) is 0 Å². The molecule has 0 saturated heterocycles. The Hall–Kier alpha value is -1.14. The Balaban J connectivity index is 4.74. The molecule has 0 aliphatic carbocycles. The molecule has 0 rings (SSSR count). The highest BCUT2D eigenvalue weighted by atomic mass is 28.4. The van der Waals surface area contributed by atoms with Gasteiger partial charge in [-0.2, -0.15) is 4.66 Å². The highest BCUT2D eigenvalue weighted by Gasteiger charge is 2.44. The van der Waals surface area contributed by atoms with Gasteiger partial charge in [-0.3, -0.25) is 0 Å².